The minimum absolute atomic E-state index is 0.0756. The SMILES string of the molecule is CCC1(CC)NC(=O)N(CC(=O)Nc2nc(-c3ccc(C(C)(C)C)cc3)cs2)C1=O. The molecule has 0 atom stereocenters. The summed E-state index contributed by atoms with van der Waals surface area (Å²) in [5, 5.41) is 7.71. The predicted molar refractivity (Wildman–Crippen MR) is 118 cm³/mol. The summed E-state index contributed by atoms with van der Waals surface area (Å²) in [5.74, 6) is -0.808. The van der Waals surface area contributed by atoms with Crippen molar-refractivity contribution in [2.45, 2.75) is 58.4 Å². The summed E-state index contributed by atoms with van der Waals surface area (Å²) in [6, 6.07) is 7.67. The largest absolute Gasteiger partial charge is 0.325 e. The van der Waals surface area contributed by atoms with E-state index in [-0.39, 0.29) is 17.9 Å². The molecule has 0 unspecified atom stereocenters. The van der Waals surface area contributed by atoms with Gasteiger partial charge in [-0.2, -0.15) is 0 Å². The molecule has 160 valence electrons. The molecule has 0 spiro atoms. The lowest BCUT2D eigenvalue weighted by molar-refractivity contribution is -0.134. The fourth-order valence-electron chi connectivity index (χ4n) is 3.46. The van der Waals surface area contributed by atoms with Crippen LogP contribution in [-0.2, 0) is 15.0 Å². The van der Waals surface area contributed by atoms with E-state index in [9.17, 15) is 14.4 Å². The average molecular weight is 429 g/mol. The van der Waals surface area contributed by atoms with E-state index in [1.54, 1.807) is 0 Å². The van der Waals surface area contributed by atoms with Crippen molar-refractivity contribution < 1.29 is 14.4 Å². The number of anilines is 1. The summed E-state index contributed by atoms with van der Waals surface area (Å²) in [7, 11) is 0. The van der Waals surface area contributed by atoms with E-state index in [2.05, 4.69) is 48.5 Å². The van der Waals surface area contributed by atoms with Crippen LogP contribution in [0.2, 0.25) is 0 Å². The topological polar surface area (TPSA) is 91.4 Å². The first kappa shape index (κ1) is 22.0. The lowest BCUT2D eigenvalue weighted by Crippen LogP contribution is -2.46. The molecule has 30 heavy (non-hydrogen) atoms. The molecule has 2 N–H and O–H groups in total. The van der Waals surface area contributed by atoms with E-state index in [1.165, 1.54) is 16.9 Å². The number of thiazole rings is 1. The molecule has 1 saturated heterocycles. The summed E-state index contributed by atoms with van der Waals surface area (Å²) < 4.78 is 0. The molecule has 0 radical (unpaired) electrons. The summed E-state index contributed by atoms with van der Waals surface area (Å²) in [4.78, 5) is 42.7. The van der Waals surface area contributed by atoms with Gasteiger partial charge in [0.15, 0.2) is 5.13 Å². The molecular weight excluding hydrogens is 400 g/mol. The highest BCUT2D eigenvalue weighted by atomic mass is 32.1. The molecule has 1 fully saturated rings. The van der Waals surface area contributed by atoms with Crippen LogP contribution < -0.4 is 10.6 Å². The Morgan fingerprint density at radius 3 is 2.33 bits per heavy atom. The second kappa shape index (κ2) is 8.18. The zero-order valence-corrected chi connectivity index (χ0v) is 18.9. The third kappa shape index (κ3) is 4.23. The third-order valence-electron chi connectivity index (χ3n) is 5.55. The number of hydrogen-bond acceptors (Lipinski definition) is 5. The third-order valence-corrected chi connectivity index (χ3v) is 6.31. The number of urea groups is 1. The van der Waals surface area contributed by atoms with Crippen LogP contribution in [0.4, 0.5) is 9.93 Å². The molecule has 4 amide bonds. The van der Waals surface area contributed by atoms with Crippen molar-refractivity contribution in [2.24, 2.45) is 0 Å². The highest BCUT2D eigenvalue weighted by molar-refractivity contribution is 7.14. The molecule has 1 aromatic heterocycles. The number of aromatic nitrogens is 1. The molecule has 0 saturated carbocycles. The van der Waals surface area contributed by atoms with E-state index in [0.29, 0.717) is 18.0 Å². The number of nitrogens with zero attached hydrogens (tertiary/aromatic N) is 2. The van der Waals surface area contributed by atoms with Gasteiger partial charge in [0.1, 0.15) is 12.1 Å². The van der Waals surface area contributed by atoms with Crippen molar-refractivity contribution in [1.82, 2.24) is 15.2 Å². The van der Waals surface area contributed by atoms with Crippen LogP contribution in [0.15, 0.2) is 29.6 Å². The van der Waals surface area contributed by atoms with Gasteiger partial charge in [0.25, 0.3) is 5.91 Å². The summed E-state index contributed by atoms with van der Waals surface area (Å²) in [6.45, 7) is 9.84. The van der Waals surface area contributed by atoms with Gasteiger partial charge in [0.05, 0.1) is 5.69 Å². The first-order valence-electron chi connectivity index (χ1n) is 10.1. The number of nitrogens with one attached hydrogen (secondary N) is 2. The Hall–Kier alpha value is -2.74. The minimum Gasteiger partial charge on any atom is -0.323 e. The van der Waals surface area contributed by atoms with Gasteiger partial charge in [-0.15, -0.1) is 11.3 Å². The van der Waals surface area contributed by atoms with Gasteiger partial charge in [0.2, 0.25) is 5.91 Å². The highest BCUT2D eigenvalue weighted by Gasteiger charge is 2.49. The van der Waals surface area contributed by atoms with Crippen LogP contribution in [0, 0.1) is 0 Å². The van der Waals surface area contributed by atoms with E-state index in [0.717, 1.165) is 16.2 Å². The van der Waals surface area contributed by atoms with Crippen LogP contribution in [0.3, 0.4) is 0 Å². The fourth-order valence-corrected chi connectivity index (χ4v) is 4.19. The Balaban J connectivity index is 1.66. The van der Waals surface area contributed by atoms with Crippen molar-refractivity contribution in [2.75, 3.05) is 11.9 Å². The normalized spacial score (nSPS) is 16.0. The van der Waals surface area contributed by atoms with Crippen molar-refractivity contribution >= 4 is 34.3 Å². The number of carbonyl (C=O) groups is 3. The molecule has 0 bridgehead atoms. The summed E-state index contributed by atoms with van der Waals surface area (Å²) >= 11 is 1.30. The van der Waals surface area contributed by atoms with E-state index < -0.39 is 17.5 Å². The molecule has 8 heteroatoms. The number of hydrogen-bond donors (Lipinski definition) is 2. The van der Waals surface area contributed by atoms with Gasteiger partial charge in [-0.05, 0) is 23.8 Å². The lowest BCUT2D eigenvalue weighted by Gasteiger charge is -2.22. The zero-order valence-electron chi connectivity index (χ0n) is 18.0. The molecule has 0 aliphatic carbocycles. The van der Waals surface area contributed by atoms with Gasteiger partial charge in [-0.3, -0.25) is 14.5 Å². The standard InChI is InChI=1S/C22H28N4O3S/c1-6-22(7-2)18(28)26(20(29)25-22)12-17(27)24-19-23-16(13-30-19)14-8-10-15(11-9-14)21(3,4)5/h8-11,13H,6-7,12H2,1-5H3,(H,25,29)(H,23,24,27). The van der Waals surface area contributed by atoms with Crippen LogP contribution in [0.25, 0.3) is 11.3 Å². The predicted octanol–water partition coefficient (Wildman–Crippen LogP) is 4.16. The van der Waals surface area contributed by atoms with E-state index >= 15 is 0 Å². The van der Waals surface area contributed by atoms with Gasteiger partial charge < -0.3 is 10.6 Å². The smallest absolute Gasteiger partial charge is 0.323 e. The molecule has 1 aromatic carbocycles. The number of carbonyl (C=O) groups excluding carboxylic acids is 3. The van der Waals surface area contributed by atoms with Crippen molar-refractivity contribution in [3.8, 4) is 11.3 Å². The number of imide groups is 1. The fraction of sp³-hybridized carbons (Fsp3) is 0.455. The van der Waals surface area contributed by atoms with Gasteiger partial charge in [-0.1, -0.05) is 58.9 Å². The monoisotopic (exact) mass is 428 g/mol. The molecule has 1 aliphatic rings. The Kier molecular flexibility index (Phi) is 5.99. The number of rotatable bonds is 6. The molecule has 3 rings (SSSR count). The summed E-state index contributed by atoms with van der Waals surface area (Å²) in [5.41, 5.74) is 2.13. The quantitative estimate of drug-likeness (QED) is 0.676. The maximum absolute atomic E-state index is 12.6. The maximum Gasteiger partial charge on any atom is 0.325 e. The van der Waals surface area contributed by atoms with Crippen LogP contribution in [0.1, 0.15) is 53.0 Å². The second-order valence-electron chi connectivity index (χ2n) is 8.52. The molecule has 2 heterocycles. The Labute approximate surface area is 180 Å². The molecule has 2 aromatic rings. The van der Waals surface area contributed by atoms with Gasteiger partial charge in [0, 0.05) is 10.9 Å². The Bertz CT molecular complexity index is 956. The van der Waals surface area contributed by atoms with Crippen molar-refractivity contribution in [3.63, 3.8) is 0 Å². The average Bonchev–Trinajstić information content (AvgIpc) is 3.25. The minimum atomic E-state index is -0.912. The lowest BCUT2D eigenvalue weighted by atomic mass is 9.86. The second-order valence-corrected chi connectivity index (χ2v) is 9.38. The molecule has 1 aliphatic heterocycles. The maximum atomic E-state index is 12.6. The van der Waals surface area contributed by atoms with E-state index in [4.69, 9.17) is 0 Å². The number of benzene rings is 1. The Morgan fingerprint density at radius 2 is 1.80 bits per heavy atom. The van der Waals surface area contributed by atoms with Crippen LogP contribution in [0.5, 0.6) is 0 Å². The first-order chi connectivity index (χ1) is 14.1. The highest BCUT2D eigenvalue weighted by Crippen LogP contribution is 2.29. The molecule has 7 nitrogen and oxygen atoms in total. The summed E-state index contributed by atoms with van der Waals surface area (Å²) in [6.07, 6.45) is 0.964. The number of amides is 4. The van der Waals surface area contributed by atoms with Gasteiger partial charge in [-0.25, -0.2) is 9.78 Å². The Morgan fingerprint density at radius 1 is 1.17 bits per heavy atom. The van der Waals surface area contributed by atoms with Crippen molar-refractivity contribution in [1.29, 1.82) is 0 Å². The van der Waals surface area contributed by atoms with E-state index in [1.807, 2.05) is 31.4 Å². The van der Waals surface area contributed by atoms with Crippen molar-refractivity contribution in [3.05, 3.63) is 35.2 Å². The van der Waals surface area contributed by atoms with Gasteiger partial charge >= 0.3 is 6.03 Å². The zero-order chi connectivity index (χ0) is 22.1. The van der Waals surface area contributed by atoms with Crippen LogP contribution in [-0.4, -0.2) is 39.8 Å². The first-order valence-corrected chi connectivity index (χ1v) is 11.0. The molecular formula is C22H28N4O3S. The van der Waals surface area contributed by atoms with Crippen LogP contribution >= 0.6 is 11.3 Å².